The molecule has 0 heterocycles. The maximum atomic E-state index is 13.1. The second-order valence-corrected chi connectivity index (χ2v) is 29.2. The number of allylic oxidation sites excluding steroid dienone is 8. The Kier molecular flexibility index (Phi) is 68.3. The van der Waals surface area contributed by atoms with E-state index in [1.54, 1.807) is 0 Å². The number of ether oxygens (including phenoxy) is 4. The molecule has 5 atom stereocenters. The molecule has 17 nitrogen and oxygen atoms in total. The van der Waals surface area contributed by atoms with Gasteiger partial charge in [-0.15, -0.1) is 0 Å². The van der Waals surface area contributed by atoms with Crippen molar-refractivity contribution in [1.82, 2.24) is 0 Å². The van der Waals surface area contributed by atoms with Crippen LogP contribution in [0.15, 0.2) is 48.6 Å². The molecule has 0 aromatic carbocycles. The average molecular weight is 1400 g/mol. The summed E-state index contributed by atoms with van der Waals surface area (Å²) in [6.45, 7) is 4.86. The van der Waals surface area contributed by atoms with Crippen LogP contribution >= 0.6 is 15.6 Å². The average Bonchev–Trinajstić information content (AvgIpc) is 3.12. The quantitative estimate of drug-likeness (QED) is 0.0169. The minimum Gasteiger partial charge on any atom is -0.462 e. The lowest BCUT2D eigenvalue weighted by Crippen LogP contribution is -2.30. The van der Waals surface area contributed by atoms with E-state index in [0.29, 0.717) is 32.1 Å². The molecule has 0 saturated carbocycles. The van der Waals surface area contributed by atoms with Gasteiger partial charge < -0.3 is 33.8 Å². The highest BCUT2D eigenvalue weighted by atomic mass is 31.2. The van der Waals surface area contributed by atoms with Gasteiger partial charge in [0.1, 0.15) is 19.3 Å². The monoisotopic (exact) mass is 1400 g/mol. The first kappa shape index (κ1) is 93.0. The zero-order chi connectivity index (χ0) is 70.4. The smallest absolute Gasteiger partial charge is 0.462 e. The summed E-state index contributed by atoms with van der Waals surface area (Å²) >= 11 is 0. The van der Waals surface area contributed by atoms with Crippen LogP contribution in [-0.4, -0.2) is 96.7 Å². The van der Waals surface area contributed by atoms with E-state index in [1.165, 1.54) is 180 Å². The van der Waals surface area contributed by atoms with Gasteiger partial charge in [-0.2, -0.15) is 0 Å². The van der Waals surface area contributed by atoms with Gasteiger partial charge in [-0.3, -0.25) is 37.3 Å². The third-order valence-electron chi connectivity index (χ3n) is 16.8. The lowest BCUT2D eigenvalue weighted by Gasteiger charge is -2.21. The SMILES string of the molecule is CCCCC/C=C\C/C=C\C/C=C\C/C=C\CCCC(=O)OC[C@H](COP(=O)(O)OC[C@H](O)COP(=O)(O)OC[C@@H](COC(=O)CCCCCCCCCCCCCCC)OC(=O)CCCCCCCCCCCCCCC)OC(=O)CCCCCCCCCCCCCCC. The van der Waals surface area contributed by atoms with E-state index in [-0.39, 0.29) is 25.7 Å². The van der Waals surface area contributed by atoms with Gasteiger partial charge in [-0.25, -0.2) is 9.13 Å². The van der Waals surface area contributed by atoms with Crippen LogP contribution in [0.3, 0.4) is 0 Å². The highest BCUT2D eigenvalue weighted by Crippen LogP contribution is 2.45. The molecule has 96 heavy (non-hydrogen) atoms. The summed E-state index contributed by atoms with van der Waals surface area (Å²) in [5, 5.41) is 10.6. The van der Waals surface area contributed by atoms with Gasteiger partial charge in [-0.05, 0) is 64.2 Å². The maximum absolute atomic E-state index is 13.1. The number of phosphoric acid groups is 2. The fraction of sp³-hybridized carbons (Fsp3) is 0.844. The van der Waals surface area contributed by atoms with Gasteiger partial charge in [0.15, 0.2) is 12.2 Å². The Bertz CT molecular complexity index is 2010. The van der Waals surface area contributed by atoms with Crippen LogP contribution in [0.2, 0.25) is 0 Å². The van der Waals surface area contributed by atoms with Crippen molar-refractivity contribution in [3.05, 3.63) is 48.6 Å². The standard InChI is InChI=1S/C77H142O17P2/c1-5-9-13-17-21-25-29-33-34-35-36-40-42-46-50-54-58-62-75(80)88-68-73(94-77(82)64-60-56-52-48-44-39-32-28-24-20-16-12-8-4)70-92-96(85,86)90-66-71(78)65-89-95(83,84)91-69-72(93-76(81)63-59-55-51-47-43-38-31-27-23-19-15-11-7-3)67-87-74(79)61-57-53-49-45-41-37-30-26-22-18-14-10-6-2/h21,25,33-34,36,40,46,50,71-73,78H,5-20,22-24,26-32,35,37-39,41-45,47-49,51-70H2,1-4H3,(H,83,84)(H,85,86)/b25-21-,34-33-,40-36-,50-46-/t71-,72-,73-/m1/s1. The number of aliphatic hydroxyl groups is 1. The molecule has 0 saturated heterocycles. The number of esters is 4. The van der Waals surface area contributed by atoms with E-state index in [9.17, 15) is 43.2 Å². The van der Waals surface area contributed by atoms with Crippen molar-refractivity contribution in [2.75, 3.05) is 39.6 Å². The van der Waals surface area contributed by atoms with Crippen molar-refractivity contribution >= 4 is 39.5 Å². The molecule has 0 aromatic heterocycles. The highest BCUT2D eigenvalue weighted by Gasteiger charge is 2.30. The number of phosphoric ester groups is 2. The molecule has 0 rings (SSSR count). The number of carbonyl (C=O) groups excluding carboxylic acids is 4. The molecule has 0 aliphatic rings. The summed E-state index contributed by atoms with van der Waals surface area (Å²) in [4.78, 5) is 72.8. The summed E-state index contributed by atoms with van der Waals surface area (Å²) in [5.74, 6) is -2.20. The van der Waals surface area contributed by atoms with Gasteiger partial charge >= 0.3 is 39.5 Å². The predicted octanol–water partition coefficient (Wildman–Crippen LogP) is 22.1. The molecule has 0 bridgehead atoms. The lowest BCUT2D eigenvalue weighted by molar-refractivity contribution is -0.161. The van der Waals surface area contributed by atoms with Crippen LogP contribution in [0.5, 0.6) is 0 Å². The van der Waals surface area contributed by atoms with Gasteiger partial charge in [0, 0.05) is 25.7 Å². The second kappa shape index (κ2) is 70.5. The van der Waals surface area contributed by atoms with Gasteiger partial charge in [-0.1, -0.05) is 320 Å². The van der Waals surface area contributed by atoms with Crippen LogP contribution in [0.1, 0.15) is 362 Å². The van der Waals surface area contributed by atoms with Crippen LogP contribution in [0.25, 0.3) is 0 Å². The van der Waals surface area contributed by atoms with Crippen LogP contribution in [0, 0.1) is 0 Å². The maximum Gasteiger partial charge on any atom is 0.472 e. The molecule has 3 N–H and O–H groups in total. The molecule has 0 radical (unpaired) electrons. The minimum atomic E-state index is -4.97. The Morgan fingerprint density at radius 2 is 0.521 bits per heavy atom. The van der Waals surface area contributed by atoms with Crippen LogP contribution in [-0.2, 0) is 65.4 Å². The number of rotatable bonds is 74. The Labute approximate surface area is 585 Å². The van der Waals surface area contributed by atoms with Crippen molar-refractivity contribution in [1.29, 1.82) is 0 Å². The summed E-state index contributed by atoms with van der Waals surface area (Å²) in [5.41, 5.74) is 0. The molecule has 0 aliphatic heterocycles. The number of hydrogen-bond donors (Lipinski definition) is 3. The molecule has 0 spiro atoms. The molecular weight excluding hydrogens is 1260 g/mol. The largest absolute Gasteiger partial charge is 0.472 e. The molecule has 0 aliphatic carbocycles. The van der Waals surface area contributed by atoms with Crippen molar-refractivity contribution in [2.45, 2.75) is 380 Å². The lowest BCUT2D eigenvalue weighted by atomic mass is 10.0. The number of hydrogen-bond acceptors (Lipinski definition) is 15. The van der Waals surface area contributed by atoms with E-state index in [4.69, 9.17) is 37.0 Å². The number of unbranched alkanes of at least 4 members (excludes halogenated alkanes) is 40. The first-order chi connectivity index (χ1) is 46.7. The topological polar surface area (TPSA) is 237 Å². The molecule has 0 fully saturated rings. The van der Waals surface area contributed by atoms with Crippen molar-refractivity contribution in [3.8, 4) is 0 Å². The third kappa shape index (κ3) is 69.5. The zero-order valence-electron chi connectivity index (χ0n) is 61.3. The first-order valence-corrected chi connectivity index (χ1v) is 41.9. The van der Waals surface area contributed by atoms with Crippen molar-refractivity contribution < 1.29 is 80.2 Å². The normalized spacial score (nSPS) is 14.2. The fourth-order valence-electron chi connectivity index (χ4n) is 10.9. The third-order valence-corrected chi connectivity index (χ3v) is 18.7. The van der Waals surface area contributed by atoms with Gasteiger partial charge in [0.25, 0.3) is 0 Å². The van der Waals surface area contributed by atoms with Crippen molar-refractivity contribution in [2.24, 2.45) is 0 Å². The Morgan fingerprint density at radius 3 is 0.823 bits per heavy atom. The molecule has 0 amide bonds. The second-order valence-electron chi connectivity index (χ2n) is 26.3. The Morgan fingerprint density at radius 1 is 0.292 bits per heavy atom. The number of carbonyl (C=O) groups is 4. The summed E-state index contributed by atoms with van der Waals surface area (Å²) in [6, 6.07) is 0. The molecule has 562 valence electrons. The van der Waals surface area contributed by atoms with E-state index in [2.05, 4.69) is 64.2 Å². The van der Waals surface area contributed by atoms with E-state index < -0.39 is 97.5 Å². The van der Waals surface area contributed by atoms with E-state index in [0.717, 1.165) is 96.3 Å². The summed E-state index contributed by atoms with van der Waals surface area (Å²) in [7, 11) is -9.94. The van der Waals surface area contributed by atoms with Gasteiger partial charge in [0.05, 0.1) is 26.4 Å². The highest BCUT2D eigenvalue weighted by molar-refractivity contribution is 7.47. The van der Waals surface area contributed by atoms with Crippen LogP contribution < -0.4 is 0 Å². The zero-order valence-corrected chi connectivity index (χ0v) is 63.1. The molecular formula is C77H142O17P2. The van der Waals surface area contributed by atoms with Crippen molar-refractivity contribution in [3.63, 3.8) is 0 Å². The molecule has 19 heteroatoms. The van der Waals surface area contributed by atoms with E-state index in [1.807, 2.05) is 12.2 Å². The molecule has 0 aromatic rings. The number of aliphatic hydroxyl groups excluding tert-OH is 1. The fourth-order valence-corrected chi connectivity index (χ4v) is 12.4. The molecule has 2 unspecified atom stereocenters. The van der Waals surface area contributed by atoms with Gasteiger partial charge in [0.2, 0.25) is 0 Å². The minimum absolute atomic E-state index is 0.0908. The van der Waals surface area contributed by atoms with E-state index >= 15 is 0 Å². The summed E-state index contributed by atoms with van der Waals surface area (Å²) in [6.07, 6.45) is 66.7. The predicted molar refractivity (Wildman–Crippen MR) is 390 cm³/mol. The Hall–Kier alpha value is -2.98. The summed E-state index contributed by atoms with van der Waals surface area (Å²) < 4.78 is 68.4. The van der Waals surface area contributed by atoms with Crippen LogP contribution in [0.4, 0.5) is 0 Å². The Balaban J connectivity index is 5.33. The first-order valence-electron chi connectivity index (χ1n) is 38.9.